The van der Waals surface area contributed by atoms with Crippen LogP contribution in [0, 0.1) is 11.7 Å². The van der Waals surface area contributed by atoms with Crippen molar-refractivity contribution in [3.8, 4) is 0 Å². The minimum Gasteiger partial charge on any atom is -0.297 e. The number of piperidine rings is 1. The lowest BCUT2D eigenvalue weighted by molar-refractivity contribution is -0.126. The number of hydrogen-bond donors (Lipinski definition) is 0. The van der Waals surface area contributed by atoms with Crippen LogP contribution in [0.5, 0.6) is 0 Å². The third-order valence-electron chi connectivity index (χ3n) is 4.98. The number of thioether (sulfide) groups is 1. The SMILES string of the molecule is O=C=C1C=C2CN(C(C(=O)C3CC3)c3ccccc3F)CCC2S1. The van der Waals surface area contributed by atoms with E-state index in [0.717, 1.165) is 31.4 Å². The third kappa shape index (κ3) is 2.88. The first-order valence-electron chi connectivity index (χ1n) is 8.32. The summed E-state index contributed by atoms with van der Waals surface area (Å²) in [5.41, 5.74) is 1.62. The van der Waals surface area contributed by atoms with E-state index in [9.17, 15) is 14.0 Å². The zero-order valence-electron chi connectivity index (χ0n) is 13.2. The van der Waals surface area contributed by atoms with Crippen LogP contribution in [0.25, 0.3) is 0 Å². The van der Waals surface area contributed by atoms with Gasteiger partial charge in [0.15, 0.2) is 5.78 Å². The van der Waals surface area contributed by atoms with Gasteiger partial charge in [-0.3, -0.25) is 9.69 Å². The average Bonchev–Trinajstić information content (AvgIpc) is 3.36. The van der Waals surface area contributed by atoms with Crippen LogP contribution in [0.4, 0.5) is 4.39 Å². The lowest BCUT2D eigenvalue weighted by atomic mass is 9.93. The van der Waals surface area contributed by atoms with E-state index in [0.29, 0.717) is 22.3 Å². The van der Waals surface area contributed by atoms with Crippen molar-refractivity contribution in [1.82, 2.24) is 4.90 Å². The summed E-state index contributed by atoms with van der Waals surface area (Å²) in [6, 6.07) is 6.07. The van der Waals surface area contributed by atoms with Crippen molar-refractivity contribution >= 4 is 23.5 Å². The van der Waals surface area contributed by atoms with Gasteiger partial charge in [0.2, 0.25) is 0 Å². The van der Waals surface area contributed by atoms with E-state index in [4.69, 9.17) is 0 Å². The second-order valence-electron chi connectivity index (χ2n) is 6.65. The van der Waals surface area contributed by atoms with Gasteiger partial charge in [-0.1, -0.05) is 18.2 Å². The summed E-state index contributed by atoms with van der Waals surface area (Å²) in [6.45, 7) is 1.35. The van der Waals surface area contributed by atoms with Crippen molar-refractivity contribution in [1.29, 1.82) is 0 Å². The Labute approximate surface area is 144 Å². The number of allylic oxidation sites excluding steroid dienone is 1. The molecule has 1 aromatic rings. The molecule has 4 rings (SSSR count). The number of benzene rings is 1. The largest absolute Gasteiger partial charge is 0.297 e. The van der Waals surface area contributed by atoms with Gasteiger partial charge in [-0.2, -0.15) is 0 Å². The van der Waals surface area contributed by atoms with Crippen molar-refractivity contribution in [2.24, 2.45) is 5.92 Å². The van der Waals surface area contributed by atoms with Crippen LogP contribution in [0.3, 0.4) is 0 Å². The Kier molecular flexibility index (Phi) is 4.17. The van der Waals surface area contributed by atoms with Crippen molar-refractivity contribution in [3.63, 3.8) is 0 Å². The third-order valence-corrected chi connectivity index (χ3v) is 6.26. The Bertz CT molecular complexity index is 764. The van der Waals surface area contributed by atoms with Crippen LogP contribution in [-0.4, -0.2) is 35.0 Å². The van der Waals surface area contributed by atoms with E-state index >= 15 is 0 Å². The molecule has 3 aliphatic rings. The van der Waals surface area contributed by atoms with Gasteiger partial charge in [-0.25, -0.2) is 9.18 Å². The molecule has 0 N–H and O–H groups in total. The van der Waals surface area contributed by atoms with Crippen molar-refractivity contribution in [2.45, 2.75) is 30.6 Å². The highest BCUT2D eigenvalue weighted by molar-refractivity contribution is 8.04. The standard InChI is InChI=1S/C19H18FNO2S/c20-16-4-2-1-3-15(16)18(19(23)12-5-6-12)21-8-7-17-13(10-21)9-14(11-22)24-17/h1-4,9,12,17-18H,5-8,10H2. The number of nitrogens with zero attached hydrogens (tertiary/aromatic N) is 1. The average molecular weight is 343 g/mol. The number of rotatable bonds is 4. The van der Waals surface area contributed by atoms with Crippen LogP contribution in [0.15, 0.2) is 40.8 Å². The number of fused-ring (bicyclic) bond motifs is 1. The molecule has 0 radical (unpaired) electrons. The van der Waals surface area contributed by atoms with Gasteiger partial charge >= 0.3 is 0 Å². The van der Waals surface area contributed by atoms with Gasteiger partial charge in [-0.15, -0.1) is 11.8 Å². The van der Waals surface area contributed by atoms with E-state index in [-0.39, 0.29) is 17.5 Å². The summed E-state index contributed by atoms with van der Waals surface area (Å²) < 4.78 is 14.4. The molecule has 1 saturated carbocycles. The normalized spacial score (nSPS) is 25.0. The first kappa shape index (κ1) is 15.8. The van der Waals surface area contributed by atoms with Crippen LogP contribution >= 0.6 is 11.8 Å². The molecule has 1 aromatic carbocycles. The Balaban J connectivity index is 1.66. The van der Waals surface area contributed by atoms with Crippen LogP contribution < -0.4 is 0 Å². The Morgan fingerprint density at radius 3 is 2.79 bits per heavy atom. The topological polar surface area (TPSA) is 37.4 Å². The van der Waals surface area contributed by atoms with Crippen molar-refractivity contribution in [3.05, 3.63) is 52.2 Å². The maximum Gasteiger partial charge on any atom is 0.157 e. The number of hydrogen-bond acceptors (Lipinski definition) is 4. The minimum absolute atomic E-state index is 0.0738. The van der Waals surface area contributed by atoms with E-state index in [1.54, 1.807) is 30.0 Å². The highest BCUT2D eigenvalue weighted by Crippen LogP contribution is 2.43. The molecule has 2 fully saturated rings. The monoisotopic (exact) mass is 343 g/mol. The first-order chi connectivity index (χ1) is 11.7. The molecule has 2 heterocycles. The Morgan fingerprint density at radius 2 is 2.08 bits per heavy atom. The molecule has 2 aliphatic heterocycles. The van der Waals surface area contributed by atoms with Crippen LogP contribution in [-0.2, 0) is 9.59 Å². The summed E-state index contributed by atoms with van der Waals surface area (Å²) in [6.07, 6.45) is 4.58. The fourth-order valence-electron chi connectivity index (χ4n) is 3.60. The minimum atomic E-state index is -0.519. The van der Waals surface area contributed by atoms with Crippen molar-refractivity contribution < 1.29 is 14.0 Å². The predicted octanol–water partition coefficient (Wildman–Crippen LogP) is 3.31. The molecule has 2 atom stereocenters. The van der Waals surface area contributed by atoms with E-state index in [2.05, 4.69) is 4.90 Å². The van der Waals surface area contributed by atoms with Crippen molar-refractivity contribution in [2.75, 3.05) is 13.1 Å². The Morgan fingerprint density at radius 1 is 1.29 bits per heavy atom. The quantitative estimate of drug-likeness (QED) is 0.786. The maximum absolute atomic E-state index is 14.4. The summed E-state index contributed by atoms with van der Waals surface area (Å²) in [5.74, 6) is 1.86. The lowest BCUT2D eigenvalue weighted by Crippen LogP contribution is -2.42. The van der Waals surface area contributed by atoms with Crippen LogP contribution in [0.2, 0.25) is 0 Å². The molecule has 1 aliphatic carbocycles. The second-order valence-corrected chi connectivity index (χ2v) is 7.90. The first-order valence-corrected chi connectivity index (χ1v) is 9.20. The second kappa shape index (κ2) is 6.32. The van der Waals surface area contributed by atoms with Gasteiger partial charge in [0, 0.05) is 29.8 Å². The molecule has 0 spiro atoms. The zero-order valence-corrected chi connectivity index (χ0v) is 14.0. The summed E-state index contributed by atoms with van der Waals surface area (Å²) in [5, 5.41) is 0.301. The van der Waals surface area contributed by atoms with Gasteiger partial charge in [-0.05, 0) is 37.0 Å². The fourth-order valence-corrected chi connectivity index (χ4v) is 4.70. The smallest absolute Gasteiger partial charge is 0.157 e. The lowest BCUT2D eigenvalue weighted by Gasteiger charge is -2.37. The van der Waals surface area contributed by atoms with E-state index in [1.807, 2.05) is 12.0 Å². The summed E-state index contributed by atoms with van der Waals surface area (Å²) in [7, 11) is 0. The zero-order chi connectivity index (χ0) is 16.7. The molecule has 124 valence electrons. The Hall–Kier alpha value is -1.68. The van der Waals surface area contributed by atoms with Gasteiger partial charge in [0.05, 0.1) is 10.9 Å². The molecule has 0 amide bonds. The molecular weight excluding hydrogens is 325 g/mol. The highest BCUT2D eigenvalue weighted by Gasteiger charge is 2.42. The fraction of sp³-hybridized carbons (Fsp3) is 0.421. The van der Waals surface area contributed by atoms with Crippen LogP contribution in [0.1, 0.15) is 30.9 Å². The molecule has 3 nitrogen and oxygen atoms in total. The maximum atomic E-state index is 14.4. The molecule has 0 bridgehead atoms. The highest BCUT2D eigenvalue weighted by atomic mass is 32.2. The van der Waals surface area contributed by atoms with Gasteiger partial charge < -0.3 is 0 Å². The number of carbonyl (C=O) groups is 1. The van der Waals surface area contributed by atoms with Gasteiger partial charge in [0.1, 0.15) is 11.8 Å². The van der Waals surface area contributed by atoms with Gasteiger partial charge in [0.25, 0.3) is 0 Å². The van der Waals surface area contributed by atoms with E-state index in [1.165, 1.54) is 6.07 Å². The number of carbonyl (C=O) groups excluding carboxylic acids is 2. The molecular formula is C19H18FNO2S. The van der Waals surface area contributed by atoms with E-state index < -0.39 is 6.04 Å². The predicted molar refractivity (Wildman–Crippen MR) is 91.7 cm³/mol. The molecule has 0 aromatic heterocycles. The molecule has 5 heteroatoms. The number of Topliss-reactive ketones (excluding diaryl/α,β-unsaturated/α-hetero) is 1. The molecule has 2 unspecified atom stereocenters. The summed E-state index contributed by atoms with van der Waals surface area (Å²) in [4.78, 5) is 26.5. The number of likely N-dealkylation sites (tertiary alicyclic amines) is 1. The molecule has 1 saturated heterocycles. The summed E-state index contributed by atoms with van der Waals surface area (Å²) >= 11 is 1.55. The number of halogens is 1. The molecule has 24 heavy (non-hydrogen) atoms. The number of ketones is 1.